The van der Waals surface area contributed by atoms with E-state index in [0.717, 1.165) is 18.9 Å². The van der Waals surface area contributed by atoms with Crippen LogP contribution in [0.5, 0.6) is 0 Å². The van der Waals surface area contributed by atoms with Gasteiger partial charge in [0.15, 0.2) is 0 Å². The van der Waals surface area contributed by atoms with Crippen LogP contribution >= 0.6 is 0 Å². The molecule has 1 aromatic carbocycles. The van der Waals surface area contributed by atoms with Gasteiger partial charge in [-0.25, -0.2) is 9.18 Å². The van der Waals surface area contributed by atoms with Crippen molar-refractivity contribution in [3.05, 3.63) is 33.9 Å². The number of piperazine rings is 1. The second-order valence-corrected chi connectivity index (χ2v) is 7.51. The highest BCUT2D eigenvalue weighted by atomic mass is 19.1. The van der Waals surface area contributed by atoms with Gasteiger partial charge < -0.3 is 24.8 Å². The average molecular weight is 402 g/mol. The monoisotopic (exact) mass is 402 g/mol. The number of carbonyl (C=O) groups excluding carboxylic acids is 2. The number of amides is 1. The van der Waals surface area contributed by atoms with Crippen molar-refractivity contribution < 1.29 is 18.7 Å². The predicted molar refractivity (Wildman–Crippen MR) is 107 cm³/mol. The molecule has 154 valence electrons. The number of fused-ring (bicyclic) bond motifs is 1. The zero-order valence-corrected chi connectivity index (χ0v) is 16.4. The largest absolute Gasteiger partial charge is 0.465 e. The molecule has 1 aliphatic heterocycles. The maximum absolute atomic E-state index is 15.1. The van der Waals surface area contributed by atoms with Gasteiger partial charge in [-0.2, -0.15) is 0 Å². The molecule has 2 heterocycles. The molecule has 2 N–H and O–H groups in total. The first-order valence-corrected chi connectivity index (χ1v) is 9.59. The highest BCUT2D eigenvalue weighted by Crippen LogP contribution is 2.41. The summed E-state index contributed by atoms with van der Waals surface area (Å²) in [6.45, 7) is 3.35. The number of ether oxygens (including phenoxy) is 1. The van der Waals surface area contributed by atoms with Crippen LogP contribution in [-0.4, -0.2) is 54.6 Å². The fourth-order valence-corrected chi connectivity index (χ4v) is 3.97. The van der Waals surface area contributed by atoms with Gasteiger partial charge in [0.05, 0.1) is 29.4 Å². The van der Waals surface area contributed by atoms with Crippen molar-refractivity contribution in [2.45, 2.75) is 25.8 Å². The van der Waals surface area contributed by atoms with Crippen molar-refractivity contribution in [2.24, 2.45) is 0 Å². The van der Waals surface area contributed by atoms with Crippen molar-refractivity contribution in [1.29, 1.82) is 0 Å². The summed E-state index contributed by atoms with van der Waals surface area (Å²) in [4.78, 5) is 39.9. The number of hydrogen-bond donors (Lipinski definition) is 1. The number of rotatable bonds is 3. The molecule has 1 saturated heterocycles. The third-order valence-electron chi connectivity index (χ3n) is 5.67. The van der Waals surface area contributed by atoms with Crippen LogP contribution in [0.1, 0.15) is 36.2 Å². The third kappa shape index (κ3) is 3.20. The number of halogens is 1. The first-order valence-electron chi connectivity index (χ1n) is 9.59. The number of nitrogen functional groups attached to an aromatic ring is 1. The summed E-state index contributed by atoms with van der Waals surface area (Å²) in [5.41, 5.74) is 6.53. The van der Waals surface area contributed by atoms with E-state index in [0.29, 0.717) is 31.7 Å². The molecule has 1 aromatic heterocycles. The number of methoxy groups -OCH3 is 1. The number of aromatic nitrogens is 1. The zero-order chi connectivity index (χ0) is 20.9. The van der Waals surface area contributed by atoms with E-state index in [1.165, 1.54) is 20.2 Å². The molecule has 2 aromatic rings. The summed E-state index contributed by atoms with van der Waals surface area (Å²) in [5, 5.41) is 0.0703. The molecule has 0 bridgehead atoms. The van der Waals surface area contributed by atoms with E-state index < -0.39 is 17.2 Å². The fraction of sp³-hybridized carbons (Fsp3) is 0.450. The molecular formula is C20H23FN4O4. The molecule has 9 heteroatoms. The van der Waals surface area contributed by atoms with Crippen molar-refractivity contribution >= 4 is 34.2 Å². The number of anilines is 2. The molecule has 0 unspecified atom stereocenters. The third-order valence-corrected chi connectivity index (χ3v) is 5.67. The smallest absolute Gasteiger partial charge is 0.343 e. The second kappa shape index (κ2) is 7.06. The van der Waals surface area contributed by atoms with E-state index >= 15 is 4.39 Å². The Morgan fingerprint density at radius 1 is 1.21 bits per heavy atom. The van der Waals surface area contributed by atoms with Crippen molar-refractivity contribution in [3.63, 3.8) is 0 Å². The molecule has 1 amide bonds. The maximum Gasteiger partial charge on any atom is 0.343 e. The summed E-state index contributed by atoms with van der Waals surface area (Å²) in [7, 11) is 1.20. The van der Waals surface area contributed by atoms with Crippen LogP contribution in [0.25, 0.3) is 10.9 Å². The van der Waals surface area contributed by atoms with E-state index in [1.54, 1.807) is 14.4 Å². The summed E-state index contributed by atoms with van der Waals surface area (Å²) >= 11 is 0. The lowest BCUT2D eigenvalue weighted by Crippen LogP contribution is -2.48. The quantitative estimate of drug-likeness (QED) is 0.617. The average Bonchev–Trinajstić information content (AvgIpc) is 3.53. The normalized spacial score (nSPS) is 16.9. The van der Waals surface area contributed by atoms with Crippen LogP contribution in [0.2, 0.25) is 0 Å². The standard InChI is InChI=1S/C20H23FN4O4/c1-11(26)23-5-7-24(8-6-23)18-15(21)9-13-17(16(18)22)25(12-3-4-12)10-14(19(13)27)20(28)29-2/h9-10,12H,3-8,22H2,1-2H3. The van der Waals surface area contributed by atoms with Gasteiger partial charge in [-0.1, -0.05) is 0 Å². The number of nitrogens with zero attached hydrogens (tertiary/aromatic N) is 3. The SMILES string of the molecule is COC(=O)c1cn(C2CC2)c2c(N)c(N3CCN(C(C)=O)CC3)c(F)cc2c1=O. The van der Waals surface area contributed by atoms with Crippen LogP contribution in [0, 0.1) is 5.82 Å². The van der Waals surface area contributed by atoms with E-state index in [4.69, 9.17) is 10.5 Å². The minimum Gasteiger partial charge on any atom is -0.465 e. The zero-order valence-electron chi connectivity index (χ0n) is 16.4. The highest BCUT2D eigenvalue weighted by Gasteiger charge is 2.31. The van der Waals surface area contributed by atoms with Gasteiger partial charge in [0.1, 0.15) is 11.4 Å². The van der Waals surface area contributed by atoms with Crippen LogP contribution in [0.3, 0.4) is 0 Å². The Bertz CT molecular complexity index is 1070. The van der Waals surface area contributed by atoms with Crippen molar-refractivity contribution in [1.82, 2.24) is 9.47 Å². The van der Waals surface area contributed by atoms with Gasteiger partial charge in [-0.3, -0.25) is 9.59 Å². The van der Waals surface area contributed by atoms with Crippen LogP contribution < -0.4 is 16.1 Å². The maximum atomic E-state index is 15.1. The lowest BCUT2D eigenvalue weighted by atomic mass is 10.1. The molecule has 2 aliphatic rings. The summed E-state index contributed by atoms with van der Waals surface area (Å²) in [5.74, 6) is -1.39. The first-order chi connectivity index (χ1) is 13.8. The molecule has 0 atom stereocenters. The molecule has 0 radical (unpaired) electrons. The van der Waals surface area contributed by atoms with Crippen molar-refractivity contribution in [2.75, 3.05) is 43.9 Å². The Labute approximate surface area is 166 Å². The molecule has 0 spiro atoms. The van der Waals surface area contributed by atoms with Gasteiger partial charge in [0.25, 0.3) is 0 Å². The molecule has 1 saturated carbocycles. The second-order valence-electron chi connectivity index (χ2n) is 7.51. The van der Waals surface area contributed by atoms with Crippen LogP contribution in [-0.2, 0) is 9.53 Å². The molecule has 4 rings (SSSR count). The molecule has 1 aliphatic carbocycles. The number of pyridine rings is 1. The first kappa shape index (κ1) is 19.2. The van der Waals surface area contributed by atoms with Crippen LogP contribution in [0.4, 0.5) is 15.8 Å². The predicted octanol–water partition coefficient (Wildman–Crippen LogP) is 1.51. The number of benzene rings is 1. The van der Waals surface area contributed by atoms with Crippen LogP contribution in [0.15, 0.2) is 17.1 Å². The lowest BCUT2D eigenvalue weighted by Gasteiger charge is -2.36. The number of nitrogens with two attached hydrogens (primary N) is 1. The molecule has 2 fully saturated rings. The van der Waals surface area contributed by atoms with Gasteiger partial charge in [0.2, 0.25) is 11.3 Å². The Balaban J connectivity index is 1.87. The Morgan fingerprint density at radius 3 is 2.41 bits per heavy atom. The molecule has 8 nitrogen and oxygen atoms in total. The summed E-state index contributed by atoms with van der Waals surface area (Å²) < 4.78 is 21.6. The van der Waals surface area contributed by atoms with E-state index in [9.17, 15) is 14.4 Å². The molecule has 29 heavy (non-hydrogen) atoms. The Kier molecular flexibility index (Phi) is 4.68. The molecular weight excluding hydrogens is 379 g/mol. The van der Waals surface area contributed by atoms with Gasteiger partial charge in [0, 0.05) is 45.3 Å². The Hall–Kier alpha value is -3.10. The topological polar surface area (TPSA) is 97.9 Å². The number of hydrogen-bond acceptors (Lipinski definition) is 6. The van der Waals surface area contributed by atoms with Gasteiger partial charge in [-0.15, -0.1) is 0 Å². The highest BCUT2D eigenvalue weighted by molar-refractivity contribution is 6.01. The van der Waals surface area contributed by atoms with Crippen molar-refractivity contribution in [3.8, 4) is 0 Å². The van der Waals surface area contributed by atoms with E-state index in [2.05, 4.69) is 0 Å². The number of carbonyl (C=O) groups is 2. The Morgan fingerprint density at radius 2 is 1.86 bits per heavy atom. The minimum absolute atomic E-state index is 0.0190. The number of esters is 1. The summed E-state index contributed by atoms with van der Waals surface area (Å²) in [6, 6.07) is 1.27. The van der Waals surface area contributed by atoms with E-state index in [-0.39, 0.29) is 34.3 Å². The lowest BCUT2D eigenvalue weighted by molar-refractivity contribution is -0.129. The fourth-order valence-electron chi connectivity index (χ4n) is 3.97. The summed E-state index contributed by atoms with van der Waals surface area (Å²) in [6.07, 6.45) is 3.25. The minimum atomic E-state index is -0.755. The van der Waals surface area contributed by atoms with Gasteiger partial charge in [-0.05, 0) is 18.9 Å². The van der Waals surface area contributed by atoms with Gasteiger partial charge >= 0.3 is 5.97 Å². The van der Waals surface area contributed by atoms with E-state index in [1.807, 2.05) is 0 Å².